The summed E-state index contributed by atoms with van der Waals surface area (Å²) in [5.74, 6) is 0.656. The van der Waals surface area contributed by atoms with Crippen molar-refractivity contribution in [2.24, 2.45) is 7.05 Å². The lowest BCUT2D eigenvalue weighted by Gasteiger charge is -2.05. The Kier molecular flexibility index (Phi) is 2.30. The second-order valence-electron chi connectivity index (χ2n) is 4.41. The number of pyridine rings is 1. The third-order valence-corrected chi connectivity index (χ3v) is 3.04. The number of anilines is 1. The van der Waals surface area contributed by atoms with Crippen molar-refractivity contribution in [2.75, 3.05) is 5.73 Å². The van der Waals surface area contributed by atoms with Gasteiger partial charge in [0, 0.05) is 29.8 Å². The van der Waals surface area contributed by atoms with Crippen molar-refractivity contribution in [1.82, 2.24) is 14.8 Å². The van der Waals surface area contributed by atoms with Gasteiger partial charge in [-0.15, -0.1) is 0 Å². The lowest BCUT2D eigenvalue weighted by Crippen LogP contribution is -1.96. The van der Waals surface area contributed by atoms with E-state index in [9.17, 15) is 0 Å². The largest absolute Gasteiger partial charge is 0.384 e. The van der Waals surface area contributed by atoms with Gasteiger partial charge in [-0.3, -0.25) is 9.67 Å². The number of hydrogen-bond donors (Lipinski definition) is 1. The first kappa shape index (κ1) is 10.8. The minimum absolute atomic E-state index is 0.656. The zero-order valence-electron chi connectivity index (χ0n) is 10.4. The molecule has 4 heteroatoms. The molecule has 2 aromatic heterocycles. The van der Waals surface area contributed by atoms with Gasteiger partial charge >= 0.3 is 0 Å². The van der Waals surface area contributed by atoms with Crippen molar-refractivity contribution in [2.45, 2.75) is 6.92 Å². The van der Waals surface area contributed by atoms with Gasteiger partial charge in [-0.1, -0.05) is 18.2 Å². The lowest BCUT2D eigenvalue weighted by molar-refractivity contribution is 0.782. The summed E-state index contributed by atoms with van der Waals surface area (Å²) in [5.41, 5.74) is 9.77. The number of para-hydroxylation sites is 1. The van der Waals surface area contributed by atoms with Crippen LogP contribution in [0.5, 0.6) is 0 Å². The van der Waals surface area contributed by atoms with Crippen LogP contribution in [0.1, 0.15) is 5.69 Å². The molecule has 0 aliphatic heterocycles. The number of aryl methyl sites for hydroxylation is 2. The second kappa shape index (κ2) is 3.84. The molecule has 4 nitrogen and oxygen atoms in total. The fraction of sp³-hybridized carbons (Fsp3) is 0.143. The van der Waals surface area contributed by atoms with Crippen LogP contribution in [0.15, 0.2) is 36.4 Å². The van der Waals surface area contributed by atoms with Crippen molar-refractivity contribution in [3.8, 4) is 11.3 Å². The minimum atomic E-state index is 0.656. The fourth-order valence-corrected chi connectivity index (χ4v) is 2.13. The van der Waals surface area contributed by atoms with E-state index in [1.165, 1.54) is 0 Å². The third-order valence-electron chi connectivity index (χ3n) is 3.04. The van der Waals surface area contributed by atoms with E-state index in [-0.39, 0.29) is 0 Å². The van der Waals surface area contributed by atoms with Gasteiger partial charge in [0.1, 0.15) is 5.82 Å². The first-order valence-corrected chi connectivity index (χ1v) is 5.81. The second-order valence-corrected chi connectivity index (χ2v) is 4.41. The molecule has 0 aliphatic rings. The van der Waals surface area contributed by atoms with E-state index < -0.39 is 0 Å². The SMILES string of the molecule is Cc1cc(-c2cc(N)n(C)n2)c2ccccc2n1. The van der Waals surface area contributed by atoms with Crippen LogP contribution < -0.4 is 5.73 Å². The highest BCUT2D eigenvalue weighted by Gasteiger charge is 2.10. The predicted octanol–water partition coefficient (Wildman–Crippen LogP) is 2.53. The van der Waals surface area contributed by atoms with Crippen LogP contribution in [0, 0.1) is 6.92 Å². The zero-order chi connectivity index (χ0) is 12.7. The summed E-state index contributed by atoms with van der Waals surface area (Å²) in [6, 6.07) is 12.0. The monoisotopic (exact) mass is 238 g/mol. The molecule has 0 bridgehead atoms. The minimum Gasteiger partial charge on any atom is -0.384 e. The van der Waals surface area contributed by atoms with Gasteiger partial charge in [0.25, 0.3) is 0 Å². The normalized spacial score (nSPS) is 11.0. The van der Waals surface area contributed by atoms with Gasteiger partial charge in [-0.05, 0) is 19.1 Å². The number of nitrogen functional groups attached to an aromatic ring is 1. The summed E-state index contributed by atoms with van der Waals surface area (Å²) >= 11 is 0. The van der Waals surface area contributed by atoms with Crippen LogP contribution in [-0.2, 0) is 7.05 Å². The highest BCUT2D eigenvalue weighted by atomic mass is 15.3. The molecule has 18 heavy (non-hydrogen) atoms. The molecule has 0 saturated carbocycles. The molecule has 0 fully saturated rings. The summed E-state index contributed by atoms with van der Waals surface area (Å²) < 4.78 is 1.68. The van der Waals surface area contributed by atoms with Gasteiger partial charge in [0.15, 0.2) is 0 Å². The zero-order valence-corrected chi connectivity index (χ0v) is 10.4. The Morgan fingerprint density at radius 3 is 2.67 bits per heavy atom. The molecule has 3 rings (SSSR count). The molecule has 0 spiro atoms. The quantitative estimate of drug-likeness (QED) is 0.708. The van der Waals surface area contributed by atoms with Crippen molar-refractivity contribution in [1.29, 1.82) is 0 Å². The van der Waals surface area contributed by atoms with Gasteiger partial charge < -0.3 is 5.73 Å². The van der Waals surface area contributed by atoms with E-state index in [1.807, 2.05) is 44.3 Å². The standard InChI is InChI=1S/C14H14N4/c1-9-7-11(13-8-14(15)18(2)17-13)10-5-3-4-6-12(10)16-9/h3-8H,15H2,1-2H3. The Balaban J connectivity index is 2.34. The first-order valence-electron chi connectivity index (χ1n) is 5.81. The molecule has 0 atom stereocenters. The van der Waals surface area contributed by atoms with Crippen LogP contribution in [-0.4, -0.2) is 14.8 Å². The first-order chi connectivity index (χ1) is 8.65. The van der Waals surface area contributed by atoms with E-state index in [0.717, 1.165) is 27.9 Å². The lowest BCUT2D eigenvalue weighted by atomic mass is 10.1. The number of benzene rings is 1. The average molecular weight is 238 g/mol. The van der Waals surface area contributed by atoms with Crippen LogP contribution in [0.2, 0.25) is 0 Å². The molecule has 0 amide bonds. The van der Waals surface area contributed by atoms with Gasteiger partial charge in [-0.2, -0.15) is 5.10 Å². The van der Waals surface area contributed by atoms with E-state index in [4.69, 9.17) is 5.73 Å². The van der Waals surface area contributed by atoms with Crippen LogP contribution >= 0.6 is 0 Å². The maximum Gasteiger partial charge on any atom is 0.121 e. The molecule has 0 saturated heterocycles. The molecule has 0 radical (unpaired) electrons. The molecule has 2 N–H and O–H groups in total. The van der Waals surface area contributed by atoms with Crippen LogP contribution in [0.4, 0.5) is 5.82 Å². The summed E-state index contributed by atoms with van der Waals surface area (Å²) in [7, 11) is 1.84. The fourth-order valence-electron chi connectivity index (χ4n) is 2.13. The highest BCUT2D eigenvalue weighted by Crippen LogP contribution is 2.28. The molecule has 3 aromatic rings. The number of aromatic nitrogens is 3. The van der Waals surface area contributed by atoms with Crippen molar-refractivity contribution in [3.63, 3.8) is 0 Å². The Morgan fingerprint density at radius 2 is 1.94 bits per heavy atom. The molecule has 0 aliphatic carbocycles. The molecular formula is C14H14N4. The van der Waals surface area contributed by atoms with Crippen molar-refractivity contribution in [3.05, 3.63) is 42.1 Å². The molecule has 0 unspecified atom stereocenters. The highest BCUT2D eigenvalue weighted by molar-refractivity contribution is 5.94. The molecule has 90 valence electrons. The van der Waals surface area contributed by atoms with Gasteiger partial charge in [-0.25, -0.2) is 0 Å². The number of nitrogens with zero attached hydrogens (tertiary/aromatic N) is 3. The average Bonchev–Trinajstić information content (AvgIpc) is 2.68. The van der Waals surface area contributed by atoms with Crippen LogP contribution in [0.3, 0.4) is 0 Å². The summed E-state index contributed by atoms with van der Waals surface area (Å²) in [5, 5.41) is 5.53. The van der Waals surface area contributed by atoms with E-state index in [1.54, 1.807) is 4.68 Å². The van der Waals surface area contributed by atoms with Gasteiger partial charge in [0.05, 0.1) is 11.2 Å². The van der Waals surface area contributed by atoms with Crippen molar-refractivity contribution >= 4 is 16.7 Å². The Morgan fingerprint density at radius 1 is 1.17 bits per heavy atom. The molecular weight excluding hydrogens is 224 g/mol. The maximum absolute atomic E-state index is 5.84. The topological polar surface area (TPSA) is 56.7 Å². The number of hydrogen-bond acceptors (Lipinski definition) is 3. The van der Waals surface area contributed by atoms with E-state index in [0.29, 0.717) is 5.82 Å². The number of nitrogens with two attached hydrogens (primary N) is 1. The molecule has 2 heterocycles. The Bertz CT molecular complexity index is 708. The Labute approximate surface area is 105 Å². The summed E-state index contributed by atoms with van der Waals surface area (Å²) in [6.45, 7) is 1.99. The van der Waals surface area contributed by atoms with Crippen molar-refractivity contribution < 1.29 is 0 Å². The van der Waals surface area contributed by atoms with E-state index in [2.05, 4.69) is 16.1 Å². The smallest absolute Gasteiger partial charge is 0.121 e. The predicted molar refractivity (Wildman–Crippen MR) is 73.1 cm³/mol. The third kappa shape index (κ3) is 1.62. The number of rotatable bonds is 1. The van der Waals surface area contributed by atoms with E-state index >= 15 is 0 Å². The number of fused-ring (bicyclic) bond motifs is 1. The van der Waals surface area contributed by atoms with Crippen LogP contribution in [0.25, 0.3) is 22.2 Å². The summed E-state index contributed by atoms with van der Waals surface area (Å²) in [4.78, 5) is 4.53. The summed E-state index contributed by atoms with van der Waals surface area (Å²) in [6.07, 6.45) is 0. The Hall–Kier alpha value is -2.36. The van der Waals surface area contributed by atoms with Gasteiger partial charge in [0.2, 0.25) is 0 Å². The molecule has 1 aromatic carbocycles. The maximum atomic E-state index is 5.84.